The van der Waals surface area contributed by atoms with E-state index in [1.165, 1.54) is 7.11 Å². The summed E-state index contributed by atoms with van der Waals surface area (Å²) in [5.74, 6) is -0.366. The fraction of sp³-hybridized carbons (Fsp3) is 0.208. The summed E-state index contributed by atoms with van der Waals surface area (Å²) in [6.07, 6.45) is 0. The molecule has 3 rings (SSSR count). The summed E-state index contributed by atoms with van der Waals surface area (Å²) < 4.78 is 16.5. The van der Waals surface area contributed by atoms with Crippen molar-refractivity contribution < 1.29 is 19.0 Å². The fourth-order valence-electron chi connectivity index (χ4n) is 2.89. The topological polar surface area (TPSA) is 44.8 Å². The maximum absolute atomic E-state index is 12.0. The van der Waals surface area contributed by atoms with Crippen molar-refractivity contribution in [1.82, 2.24) is 0 Å². The third kappa shape index (κ3) is 6.05. The van der Waals surface area contributed by atoms with Gasteiger partial charge in [0.05, 0.1) is 39.1 Å². The lowest BCUT2D eigenvalue weighted by atomic mass is 10.1. The van der Waals surface area contributed by atoms with Crippen molar-refractivity contribution in [2.75, 3.05) is 7.11 Å². The SMILES string of the molecule is COC(=O)c1cc(COCc2ccccc2)cc(COCc2ccccc2)c1. The zero-order valence-electron chi connectivity index (χ0n) is 16.0. The van der Waals surface area contributed by atoms with E-state index in [4.69, 9.17) is 14.2 Å². The van der Waals surface area contributed by atoms with E-state index in [9.17, 15) is 4.79 Å². The lowest BCUT2D eigenvalue weighted by Gasteiger charge is -2.11. The Kier molecular flexibility index (Phi) is 7.36. The summed E-state index contributed by atoms with van der Waals surface area (Å²) in [4.78, 5) is 12.0. The van der Waals surface area contributed by atoms with Crippen LogP contribution in [0, 0.1) is 0 Å². The average molecular weight is 376 g/mol. The van der Waals surface area contributed by atoms with Crippen molar-refractivity contribution in [3.63, 3.8) is 0 Å². The standard InChI is InChI=1S/C24H24O4/c1-26-24(25)23-13-21(17-27-15-19-8-4-2-5-9-19)12-22(14-23)18-28-16-20-10-6-3-7-11-20/h2-14H,15-18H2,1H3. The molecule has 0 aliphatic rings. The summed E-state index contributed by atoms with van der Waals surface area (Å²) in [5, 5.41) is 0. The molecule has 0 aliphatic carbocycles. The minimum atomic E-state index is -0.366. The molecule has 28 heavy (non-hydrogen) atoms. The lowest BCUT2D eigenvalue weighted by molar-refractivity contribution is 0.0599. The first-order valence-electron chi connectivity index (χ1n) is 9.19. The number of rotatable bonds is 9. The van der Waals surface area contributed by atoms with Crippen LogP contribution in [-0.4, -0.2) is 13.1 Å². The van der Waals surface area contributed by atoms with Gasteiger partial charge in [0, 0.05) is 0 Å². The molecular weight excluding hydrogens is 352 g/mol. The summed E-state index contributed by atoms with van der Waals surface area (Å²) in [5.41, 5.74) is 4.55. The Labute approximate surface area is 165 Å². The number of hydrogen-bond donors (Lipinski definition) is 0. The molecule has 0 spiro atoms. The Bertz CT molecular complexity index is 812. The molecule has 4 nitrogen and oxygen atoms in total. The monoisotopic (exact) mass is 376 g/mol. The second-order valence-corrected chi connectivity index (χ2v) is 6.49. The molecule has 0 aromatic heterocycles. The van der Waals surface area contributed by atoms with Gasteiger partial charge in [-0.05, 0) is 34.4 Å². The first kappa shape index (κ1) is 19.8. The van der Waals surface area contributed by atoms with Crippen LogP contribution in [0.15, 0.2) is 78.9 Å². The quantitative estimate of drug-likeness (QED) is 0.498. The third-order valence-corrected chi connectivity index (χ3v) is 4.23. The van der Waals surface area contributed by atoms with Crippen LogP contribution >= 0.6 is 0 Å². The molecule has 3 aromatic carbocycles. The van der Waals surface area contributed by atoms with Gasteiger partial charge in [-0.25, -0.2) is 4.79 Å². The van der Waals surface area contributed by atoms with Crippen molar-refractivity contribution in [2.45, 2.75) is 26.4 Å². The molecule has 0 unspecified atom stereocenters. The zero-order valence-corrected chi connectivity index (χ0v) is 16.0. The van der Waals surface area contributed by atoms with E-state index in [-0.39, 0.29) is 5.97 Å². The minimum Gasteiger partial charge on any atom is -0.465 e. The van der Waals surface area contributed by atoms with Crippen LogP contribution in [-0.2, 0) is 40.6 Å². The average Bonchev–Trinajstić information content (AvgIpc) is 2.74. The lowest BCUT2D eigenvalue weighted by Crippen LogP contribution is -2.05. The normalized spacial score (nSPS) is 10.6. The van der Waals surface area contributed by atoms with Gasteiger partial charge in [-0.1, -0.05) is 66.7 Å². The molecule has 0 radical (unpaired) electrons. The van der Waals surface area contributed by atoms with E-state index in [1.807, 2.05) is 66.7 Å². The number of methoxy groups -OCH3 is 1. The van der Waals surface area contributed by atoms with Gasteiger partial charge in [0.1, 0.15) is 0 Å². The molecule has 0 saturated carbocycles. The van der Waals surface area contributed by atoms with Gasteiger partial charge in [0.15, 0.2) is 0 Å². The molecule has 0 fully saturated rings. The van der Waals surface area contributed by atoms with Gasteiger partial charge in [-0.3, -0.25) is 0 Å². The zero-order chi connectivity index (χ0) is 19.6. The highest BCUT2D eigenvalue weighted by Crippen LogP contribution is 2.15. The van der Waals surface area contributed by atoms with Crippen LogP contribution < -0.4 is 0 Å². The van der Waals surface area contributed by atoms with Crippen LogP contribution in [0.3, 0.4) is 0 Å². The minimum absolute atomic E-state index is 0.366. The number of ether oxygens (including phenoxy) is 3. The molecule has 4 heteroatoms. The van der Waals surface area contributed by atoms with E-state index >= 15 is 0 Å². The Balaban J connectivity index is 1.63. The summed E-state index contributed by atoms with van der Waals surface area (Å²) in [6, 6.07) is 25.6. The second kappa shape index (κ2) is 10.4. The molecule has 0 aliphatic heterocycles. The van der Waals surface area contributed by atoms with Gasteiger partial charge in [-0.15, -0.1) is 0 Å². The van der Waals surface area contributed by atoms with Gasteiger partial charge in [-0.2, -0.15) is 0 Å². The summed E-state index contributed by atoms with van der Waals surface area (Å²) >= 11 is 0. The molecule has 0 saturated heterocycles. The van der Waals surface area contributed by atoms with E-state index in [0.29, 0.717) is 32.0 Å². The van der Waals surface area contributed by atoms with Gasteiger partial charge in [0.2, 0.25) is 0 Å². The van der Waals surface area contributed by atoms with Crippen molar-refractivity contribution in [1.29, 1.82) is 0 Å². The smallest absolute Gasteiger partial charge is 0.337 e. The highest BCUT2D eigenvalue weighted by atomic mass is 16.5. The highest BCUT2D eigenvalue weighted by molar-refractivity contribution is 5.89. The Morgan fingerprint density at radius 3 is 1.50 bits per heavy atom. The first-order chi connectivity index (χ1) is 13.7. The Hall–Kier alpha value is -2.95. The van der Waals surface area contributed by atoms with Gasteiger partial charge < -0.3 is 14.2 Å². The summed E-state index contributed by atoms with van der Waals surface area (Å²) in [6.45, 7) is 1.85. The third-order valence-electron chi connectivity index (χ3n) is 4.23. The predicted molar refractivity (Wildman–Crippen MR) is 108 cm³/mol. The van der Waals surface area contributed by atoms with E-state index < -0.39 is 0 Å². The first-order valence-corrected chi connectivity index (χ1v) is 9.19. The molecule has 0 atom stereocenters. The van der Waals surface area contributed by atoms with Crippen LogP contribution in [0.4, 0.5) is 0 Å². The van der Waals surface area contributed by atoms with Crippen molar-refractivity contribution in [3.8, 4) is 0 Å². The van der Waals surface area contributed by atoms with E-state index in [2.05, 4.69) is 0 Å². The van der Waals surface area contributed by atoms with Crippen LogP contribution in [0.25, 0.3) is 0 Å². The van der Waals surface area contributed by atoms with Crippen molar-refractivity contribution >= 4 is 5.97 Å². The van der Waals surface area contributed by atoms with Gasteiger partial charge in [0.25, 0.3) is 0 Å². The highest BCUT2D eigenvalue weighted by Gasteiger charge is 2.10. The Morgan fingerprint density at radius 1 is 0.643 bits per heavy atom. The molecule has 0 N–H and O–H groups in total. The van der Waals surface area contributed by atoms with Crippen LogP contribution in [0.1, 0.15) is 32.6 Å². The van der Waals surface area contributed by atoms with E-state index in [1.54, 1.807) is 12.1 Å². The molecule has 0 bridgehead atoms. The number of carbonyl (C=O) groups is 1. The largest absolute Gasteiger partial charge is 0.465 e. The second-order valence-electron chi connectivity index (χ2n) is 6.49. The van der Waals surface area contributed by atoms with Crippen LogP contribution in [0.5, 0.6) is 0 Å². The maximum atomic E-state index is 12.0. The fourth-order valence-corrected chi connectivity index (χ4v) is 2.89. The molecule has 144 valence electrons. The van der Waals surface area contributed by atoms with Gasteiger partial charge >= 0.3 is 5.97 Å². The van der Waals surface area contributed by atoms with E-state index in [0.717, 1.165) is 22.3 Å². The molecular formula is C24H24O4. The van der Waals surface area contributed by atoms with Crippen LogP contribution in [0.2, 0.25) is 0 Å². The predicted octanol–water partition coefficient (Wildman–Crippen LogP) is 4.91. The molecule has 0 amide bonds. The number of esters is 1. The maximum Gasteiger partial charge on any atom is 0.337 e. The number of benzene rings is 3. The Morgan fingerprint density at radius 2 is 1.07 bits per heavy atom. The number of hydrogen-bond acceptors (Lipinski definition) is 4. The van der Waals surface area contributed by atoms with Crippen molar-refractivity contribution in [3.05, 3.63) is 107 Å². The number of carbonyl (C=O) groups excluding carboxylic acids is 1. The summed E-state index contributed by atoms with van der Waals surface area (Å²) in [7, 11) is 1.38. The van der Waals surface area contributed by atoms with Crippen molar-refractivity contribution in [2.24, 2.45) is 0 Å². The molecule has 3 aromatic rings. The molecule has 0 heterocycles.